The molecule has 0 aromatic heterocycles. The predicted molar refractivity (Wildman–Crippen MR) is 81.2 cm³/mol. The molecule has 1 aliphatic heterocycles. The van der Waals surface area contributed by atoms with Crippen LogP contribution in [0.25, 0.3) is 0 Å². The normalized spacial score (nSPS) is 20.1. The molecule has 0 aliphatic carbocycles. The summed E-state index contributed by atoms with van der Waals surface area (Å²) in [4.78, 5) is 24.7. The first kappa shape index (κ1) is 16.7. The van der Waals surface area contributed by atoms with Crippen molar-refractivity contribution in [2.75, 3.05) is 19.9 Å². The van der Waals surface area contributed by atoms with Crippen molar-refractivity contribution in [1.29, 1.82) is 0 Å². The first-order chi connectivity index (χ1) is 9.06. The number of amides is 1. The molecule has 1 fully saturated rings. The number of likely N-dealkylation sites (N-methyl/N-ethyl adjacent to an activating group) is 1. The van der Waals surface area contributed by atoms with E-state index in [1.165, 1.54) is 30.6 Å². The summed E-state index contributed by atoms with van der Waals surface area (Å²) < 4.78 is 4.64. The highest BCUT2D eigenvalue weighted by molar-refractivity contribution is 8.77. The van der Waals surface area contributed by atoms with Crippen LogP contribution < -0.4 is 0 Å². The number of hydrogen-bond acceptors (Lipinski definition) is 5. The van der Waals surface area contributed by atoms with E-state index >= 15 is 0 Å². The average Bonchev–Trinajstić information content (AvgIpc) is 2.93. The highest BCUT2D eigenvalue weighted by Crippen LogP contribution is 2.39. The number of carbonyl (C=O) groups excluding carboxylic acids is 2. The molecule has 2 atom stereocenters. The van der Waals surface area contributed by atoms with Gasteiger partial charge in [-0.1, -0.05) is 28.0 Å². The van der Waals surface area contributed by atoms with Gasteiger partial charge in [-0.15, -0.1) is 0 Å². The van der Waals surface area contributed by atoms with Gasteiger partial charge in [-0.25, -0.2) is 4.79 Å². The van der Waals surface area contributed by atoms with E-state index in [1.807, 2.05) is 21.6 Å². The summed E-state index contributed by atoms with van der Waals surface area (Å²) in [5.74, 6) is 0.912. The minimum Gasteiger partial charge on any atom is -0.467 e. The monoisotopic (exact) mass is 305 g/mol. The fourth-order valence-corrected chi connectivity index (χ4v) is 4.96. The van der Waals surface area contributed by atoms with Gasteiger partial charge in [-0.3, -0.25) is 4.79 Å². The van der Waals surface area contributed by atoms with Crippen LogP contribution in [0, 0.1) is 0 Å². The van der Waals surface area contributed by atoms with E-state index in [0.717, 1.165) is 18.1 Å². The number of hydrogen-bond donors (Lipinski definition) is 0. The standard InChI is InChI=1S/C13H23NO3S2/c1-10(13(16)17-3)14(2)12(15)7-5-4-6-11-8-9-18-19-11/h10-11H,4-9H2,1-3H3/t10?,11-/m0/s1. The second kappa shape index (κ2) is 8.74. The van der Waals surface area contributed by atoms with Gasteiger partial charge in [0.05, 0.1) is 7.11 Å². The second-order valence-corrected chi connectivity index (χ2v) is 7.57. The van der Waals surface area contributed by atoms with Crippen LogP contribution in [-0.4, -0.2) is 48.0 Å². The molecule has 0 bridgehead atoms. The van der Waals surface area contributed by atoms with Crippen molar-refractivity contribution in [3.05, 3.63) is 0 Å². The lowest BCUT2D eigenvalue weighted by atomic mass is 10.1. The summed E-state index contributed by atoms with van der Waals surface area (Å²) in [5.41, 5.74) is 0. The van der Waals surface area contributed by atoms with Crippen molar-refractivity contribution >= 4 is 33.5 Å². The summed E-state index contributed by atoms with van der Waals surface area (Å²) in [6.45, 7) is 1.69. The molecule has 0 aromatic rings. The number of ether oxygens (including phenoxy) is 1. The summed E-state index contributed by atoms with van der Waals surface area (Å²) in [6, 6.07) is -0.501. The lowest BCUT2D eigenvalue weighted by Gasteiger charge is -2.22. The third-order valence-corrected chi connectivity index (χ3v) is 6.42. The lowest BCUT2D eigenvalue weighted by molar-refractivity contribution is -0.151. The van der Waals surface area contributed by atoms with Crippen LogP contribution >= 0.6 is 21.6 Å². The molecular formula is C13H23NO3S2. The second-order valence-electron chi connectivity index (χ2n) is 4.78. The van der Waals surface area contributed by atoms with Gasteiger partial charge in [0.2, 0.25) is 5.91 Å². The number of esters is 1. The Labute approximate surface area is 123 Å². The summed E-state index contributed by atoms with van der Waals surface area (Å²) in [7, 11) is 6.93. The predicted octanol–water partition coefficient (Wildman–Crippen LogP) is 2.72. The van der Waals surface area contributed by atoms with Crippen LogP contribution in [0.3, 0.4) is 0 Å². The lowest BCUT2D eigenvalue weighted by Crippen LogP contribution is -2.40. The van der Waals surface area contributed by atoms with Crippen LogP contribution in [0.1, 0.15) is 39.0 Å². The molecule has 1 unspecified atom stereocenters. The van der Waals surface area contributed by atoms with Gasteiger partial charge in [0.15, 0.2) is 0 Å². The molecule has 0 spiro atoms. The molecule has 4 nitrogen and oxygen atoms in total. The van der Waals surface area contributed by atoms with Crippen molar-refractivity contribution in [2.45, 2.75) is 50.3 Å². The van der Waals surface area contributed by atoms with Crippen molar-refractivity contribution < 1.29 is 14.3 Å². The van der Waals surface area contributed by atoms with Gasteiger partial charge in [0, 0.05) is 24.5 Å². The summed E-state index contributed by atoms with van der Waals surface area (Å²) >= 11 is 0. The Morgan fingerprint density at radius 2 is 2.16 bits per heavy atom. The molecule has 0 N–H and O–H groups in total. The van der Waals surface area contributed by atoms with E-state index in [9.17, 15) is 9.59 Å². The topological polar surface area (TPSA) is 46.6 Å². The zero-order chi connectivity index (χ0) is 14.3. The van der Waals surface area contributed by atoms with E-state index in [4.69, 9.17) is 0 Å². The molecular weight excluding hydrogens is 282 g/mol. The van der Waals surface area contributed by atoms with E-state index in [2.05, 4.69) is 4.74 Å². The Balaban J connectivity index is 2.17. The highest BCUT2D eigenvalue weighted by atomic mass is 33.1. The quantitative estimate of drug-likeness (QED) is 0.411. The minimum absolute atomic E-state index is 0.0198. The van der Waals surface area contributed by atoms with Crippen molar-refractivity contribution in [3.8, 4) is 0 Å². The fourth-order valence-electron chi connectivity index (χ4n) is 1.93. The Morgan fingerprint density at radius 3 is 2.74 bits per heavy atom. The van der Waals surface area contributed by atoms with Gasteiger partial charge in [0.1, 0.15) is 6.04 Å². The SMILES string of the molecule is COC(=O)C(C)N(C)C(=O)CCCC[C@H]1CCSS1. The molecule has 1 amide bonds. The molecule has 1 heterocycles. The number of unbranched alkanes of at least 4 members (excludes halogenated alkanes) is 1. The van der Waals surface area contributed by atoms with Crippen LogP contribution in [0.15, 0.2) is 0 Å². The Bertz CT molecular complexity index is 306. The maximum Gasteiger partial charge on any atom is 0.328 e. The molecule has 0 saturated carbocycles. The van der Waals surface area contributed by atoms with E-state index in [0.29, 0.717) is 6.42 Å². The molecule has 1 rings (SSSR count). The Hall–Kier alpha value is -0.360. The maximum absolute atomic E-state index is 11.9. The van der Waals surface area contributed by atoms with Gasteiger partial charge >= 0.3 is 5.97 Å². The van der Waals surface area contributed by atoms with E-state index in [1.54, 1.807) is 14.0 Å². The Morgan fingerprint density at radius 1 is 1.42 bits per heavy atom. The van der Waals surface area contributed by atoms with Gasteiger partial charge in [-0.2, -0.15) is 0 Å². The first-order valence-electron chi connectivity index (χ1n) is 6.68. The first-order valence-corrected chi connectivity index (χ1v) is 9.06. The average molecular weight is 305 g/mol. The fraction of sp³-hybridized carbons (Fsp3) is 0.846. The smallest absolute Gasteiger partial charge is 0.328 e. The zero-order valence-electron chi connectivity index (χ0n) is 11.9. The van der Waals surface area contributed by atoms with Crippen molar-refractivity contribution in [3.63, 3.8) is 0 Å². The van der Waals surface area contributed by atoms with E-state index in [-0.39, 0.29) is 11.9 Å². The maximum atomic E-state index is 11.9. The third-order valence-electron chi connectivity index (χ3n) is 3.41. The van der Waals surface area contributed by atoms with Crippen LogP contribution in [0.4, 0.5) is 0 Å². The number of carbonyl (C=O) groups is 2. The van der Waals surface area contributed by atoms with Gasteiger partial charge < -0.3 is 9.64 Å². The third kappa shape index (κ3) is 5.65. The van der Waals surface area contributed by atoms with E-state index < -0.39 is 6.04 Å². The van der Waals surface area contributed by atoms with Crippen LogP contribution in [-0.2, 0) is 14.3 Å². The number of rotatable bonds is 7. The van der Waals surface area contributed by atoms with Crippen LogP contribution in [0.2, 0.25) is 0 Å². The molecule has 19 heavy (non-hydrogen) atoms. The molecule has 6 heteroatoms. The number of nitrogens with zero attached hydrogens (tertiary/aromatic N) is 1. The molecule has 0 aromatic carbocycles. The minimum atomic E-state index is -0.501. The Kier molecular flexibility index (Phi) is 7.68. The molecule has 110 valence electrons. The zero-order valence-corrected chi connectivity index (χ0v) is 13.5. The molecule has 1 saturated heterocycles. The van der Waals surface area contributed by atoms with Crippen LogP contribution in [0.5, 0.6) is 0 Å². The van der Waals surface area contributed by atoms with Gasteiger partial charge in [0.25, 0.3) is 0 Å². The largest absolute Gasteiger partial charge is 0.467 e. The number of methoxy groups -OCH3 is 1. The highest BCUT2D eigenvalue weighted by Gasteiger charge is 2.22. The van der Waals surface area contributed by atoms with Crippen molar-refractivity contribution in [2.24, 2.45) is 0 Å². The molecule has 0 radical (unpaired) electrons. The van der Waals surface area contributed by atoms with Crippen molar-refractivity contribution in [1.82, 2.24) is 4.90 Å². The molecule has 1 aliphatic rings. The summed E-state index contributed by atoms with van der Waals surface area (Å²) in [5, 5.41) is 0.770. The van der Waals surface area contributed by atoms with Gasteiger partial charge in [-0.05, 0) is 26.2 Å². The summed E-state index contributed by atoms with van der Waals surface area (Å²) in [6.07, 6.45) is 5.00.